The predicted octanol–water partition coefficient (Wildman–Crippen LogP) is 5.29. The van der Waals surface area contributed by atoms with Crippen molar-refractivity contribution in [3.63, 3.8) is 0 Å². The summed E-state index contributed by atoms with van der Waals surface area (Å²) >= 11 is 0. The zero-order valence-electron chi connectivity index (χ0n) is 13.4. The molecule has 0 saturated heterocycles. The Morgan fingerprint density at radius 3 is 2.33 bits per heavy atom. The van der Waals surface area contributed by atoms with Crippen LogP contribution < -0.4 is 4.74 Å². The number of benzene rings is 2. The van der Waals surface area contributed by atoms with E-state index in [0.717, 1.165) is 16.9 Å². The van der Waals surface area contributed by atoms with Crippen LogP contribution in [0.1, 0.15) is 49.2 Å². The first-order chi connectivity index (χ1) is 9.77. The Labute approximate surface area is 126 Å². The molecule has 21 heavy (non-hydrogen) atoms. The second-order valence-electron chi connectivity index (χ2n) is 6.44. The maximum absolute atomic E-state index is 11.8. The smallest absolute Gasteiger partial charge is 0.163 e. The van der Waals surface area contributed by atoms with E-state index in [9.17, 15) is 4.79 Å². The Kier molecular flexibility index (Phi) is 4.17. The standard InChI is InChI=1S/C19H22O2/c1-13-7-6-8-16(11-13)21-18-12-15(19(3,4)5)9-10-17(18)14(2)20/h6-12H,1-5H3. The van der Waals surface area contributed by atoms with E-state index in [-0.39, 0.29) is 11.2 Å². The predicted molar refractivity (Wildman–Crippen MR) is 86.4 cm³/mol. The van der Waals surface area contributed by atoms with E-state index in [1.165, 1.54) is 0 Å². The molecular formula is C19H22O2. The van der Waals surface area contributed by atoms with Crippen LogP contribution in [0.15, 0.2) is 42.5 Å². The van der Waals surface area contributed by atoms with Gasteiger partial charge < -0.3 is 4.74 Å². The first-order valence-corrected chi connectivity index (χ1v) is 7.17. The molecule has 0 aromatic heterocycles. The maximum Gasteiger partial charge on any atom is 0.163 e. The van der Waals surface area contributed by atoms with Crippen molar-refractivity contribution in [3.8, 4) is 11.5 Å². The number of hydrogen-bond donors (Lipinski definition) is 0. The van der Waals surface area contributed by atoms with Crippen LogP contribution >= 0.6 is 0 Å². The molecule has 0 unspecified atom stereocenters. The van der Waals surface area contributed by atoms with Crippen molar-refractivity contribution in [1.29, 1.82) is 0 Å². The van der Waals surface area contributed by atoms with E-state index in [1.54, 1.807) is 6.92 Å². The minimum atomic E-state index is 0.0121. The third-order valence-electron chi connectivity index (χ3n) is 3.44. The number of Topliss-reactive ketones (excluding diaryl/α,β-unsaturated/α-hetero) is 1. The number of aryl methyl sites for hydroxylation is 1. The zero-order valence-corrected chi connectivity index (χ0v) is 13.4. The van der Waals surface area contributed by atoms with Gasteiger partial charge in [0, 0.05) is 0 Å². The van der Waals surface area contributed by atoms with Crippen LogP contribution in [-0.4, -0.2) is 5.78 Å². The van der Waals surface area contributed by atoms with Gasteiger partial charge in [-0.2, -0.15) is 0 Å². The lowest BCUT2D eigenvalue weighted by molar-refractivity contribution is 0.101. The SMILES string of the molecule is CC(=O)c1ccc(C(C)(C)C)cc1Oc1cccc(C)c1. The highest BCUT2D eigenvalue weighted by Crippen LogP contribution is 2.32. The Hall–Kier alpha value is -2.09. The number of ether oxygens (including phenoxy) is 1. The van der Waals surface area contributed by atoms with Crippen LogP contribution in [-0.2, 0) is 5.41 Å². The first kappa shape index (κ1) is 15.3. The molecule has 0 aliphatic heterocycles. The van der Waals surface area contributed by atoms with Crippen molar-refractivity contribution in [1.82, 2.24) is 0 Å². The lowest BCUT2D eigenvalue weighted by atomic mass is 9.86. The molecule has 0 saturated carbocycles. The summed E-state index contributed by atoms with van der Waals surface area (Å²) in [4.78, 5) is 11.8. The highest BCUT2D eigenvalue weighted by atomic mass is 16.5. The van der Waals surface area contributed by atoms with Crippen LogP contribution in [0.2, 0.25) is 0 Å². The van der Waals surface area contributed by atoms with E-state index in [1.807, 2.05) is 49.4 Å². The normalized spacial score (nSPS) is 11.3. The topological polar surface area (TPSA) is 26.3 Å². The minimum absolute atomic E-state index is 0.0121. The first-order valence-electron chi connectivity index (χ1n) is 7.17. The minimum Gasteiger partial charge on any atom is -0.457 e. The molecule has 0 atom stereocenters. The van der Waals surface area contributed by atoms with E-state index >= 15 is 0 Å². The summed E-state index contributed by atoms with van der Waals surface area (Å²) in [5.74, 6) is 1.39. The molecule has 2 heteroatoms. The van der Waals surface area contributed by atoms with Crippen LogP contribution in [0.4, 0.5) is 0 Å². The van der Waals surface area contributed by atoms with E-state index in [4.69, 9.17) is 4.74 Å². The van der Waals surface area contributed by atoms with Gasteiger partial charge in [-0.3, -0.25) is 4.79 Å². The van der Waals surface area contributed by atoms with Crippen molar-refractivity contribution in [2.45, 2.75) is 40.0 Å². The van der Waals surface area contributed by atoms with Gasteiger partial charge in [0.15, 0.2) is 5.78 Å². The van der Waals surface area contributed by atoms with Crippen LogP contribution in [0.25, 0.3) is 0 Å². The molecule has 0 spiro atoms. The van der Waals surface area contributed by atoms with Gasteiger partial charge in [0.1, 0.15) is 11.5 Å². The molecule has 0 fully saturated rings. The molecule has 2 nitrogen and oxygen atoms in total. The summed E-state index contributed by atoms with van der Waals surface area (Å²) in [6.07, 6.45) is 0. The van der Waals surface area contributed by atoms with Crippen molar-refractivity contribution >= 4 is 5.78 Å². The van der Waals surface area contributed by atoms with Gasteiger partial charge in [-0.15, -0.1) is 0 Å². The van der Waals surface area contributed by atoms with E-state index in [2.05, 4.69) is 20.8 Å². The van der Waals surface area contributed by atoms with Crippen LogP contribution in [0.5, 0.6) is 11.5 Å². The molecule has 0 amide bonds. The van der Waals surface area contributed by atoms with Crippen LogP contribution in [0.3, 0.4) is 0 Å². The second kappa shape index (κ2) is 5.72. The highest BCUT2D eigenvalue weighted by molar-refractivity contribution is 5.97. The molecule has 2 aromatic rings. The van der Waals surface area contributed by atoms with Crippen molar-refractivity contribution < 1.29 is 9.53 Å². The number of carbonyl (C=O) groups is 1. The third-order valence-corrected chi connectivity index (χ3v) is 3.44. The maximum atomic E-state index is 11.8. The molecule has 0 bridgehead atoms. The summed E-state index contributed by atoms with van der Waals surface area (Å²) < 4.78 is 5.97. The number of carbonyl (C=O) groups excluding carboxylic acids is 1. The van der Waals surface area contributed by atoms with Gasteiger partial charge >= 0.3 is 0 Å². The summed E-state index contributed by atoms with van der Waals surface area (Å²) in [5, 5.41) is 0. The lowest BCUT2D eigenvalue weighted by Gasteiger charge is -2.21. The Morgan fingerprint density at radius 1 is 1.05 bits per heavy atom. The fraction of sp³-hybridized carbons (Fsp3) is 0.316. The zero-order chi connectivity index (χ0) is 15.6. The summed E-state index contributed by atoms with van der Waals surface area (Å²) in [7, 11) is 0. The van der Waals surface area contributed by atoms with Crippen molar-refractivity contribution in [2.24, 2.45) is 0 Å². The van der Waals surface area contributed by atoms with E-state index in [0.29, 0.717) is 11.3 Å². The van der Waals surface area contributed by atoms with Gasteiger partial charge in [-0.25, -0.2) is 0 Å². The summed E-state index contributed by atoms with van der Waals surface area (Å²) in [6, 6.07) is 13.7. The average Bonchev–Trinajstić information content (AvgIpc) is 2.37. The summed E-state index contributed by atoms with van der Waals surface area (Å²) in [5.41, 5.74) is 2.91. The largest absolute Gasteiger partial charge is 0.457 e. The molecule has 0 heterocycles. The Morgan fingerprint density at radius 2 is 1.76 bits per heavy atom. The summed E-state index contributed by atoms with van der Waals surface area (Å²) in [6.45, 7) is 10.0. The molecule has 0 radical (unpaired) electrons. The van der Waals surface area contributed by atoms with Gasteiger partial charge in [-0.1, -0.05) is 39.0 Å². The van der Waals surface area contributed by atoms with E-state index < -0.39 is 0 Å². The van der Waals surface area contributed by atoms with Gasteiger partial charge in [-0.05, 0) is 54.7 Å². The second-order valence-corrected chi connectivity index (χ2v) is 6.44. The third kappa shape index (κ3) is 3.72. The molecule has 110 valence electrons. The number of hydrogen-bond acceptors (Lipinski definition) is 2. The fourth-order valence-corrected chi connectivity index (χ4v) is 2.17. The van der Waals surface area contributed by atoms with Crippen molar-refractivity contribution in [2.75, 3.05) is 0 Å². The monoisotopic (exact) mass is 282 g/mol. The van der Waals surface area contributed by atoms with Gasteiger partial charge in [0.05, 0.1) is 5.56 Å². The fourth-order valence-electron chi connectivity index (χ4n) is 2.17. The lowest BCUT2D eigenvalue weighted by Crippen LogP contribution is -2.12. The van der Waals surface area contributed by atoms with Gasteiger partial charge in [0.2, 0.25) is 0 Å². The molecule has 0 aliphatic carbocycles. The van der Waals surface area contributed by atoms with Crippen molar-refractivity contribution in [3.05, 3.63) is 59.2 Å². The van der Waals surface area contributed by atoms with Crippen LogP contribution in [0, 0.1) is 6.92 Å². The number of ketones is 1. The molecule has 0 N–H and O–H groups in total. The van der Waals surface area contributed by atoms with Gasteiger partial charge in [0.25, 0.3) is 0 Å². The Bertz CT molecular complexity index is 664. The molecule has 2 rings (SSSR count). The molecular weight excluding hydrogens is 260 g/mol. The molecule has 2 aromatic carbocycles. The Balaban J connectivity index is 2.46. The highest BCUT2D eigenvalue weighted by Gasteiger charge is 2.18. The molecule has 0 aliphatic rings. The number of rotatable bonds is 3. The average molecular weight is 282 g/mol. The quantitative estimate of drug-likeness (QED) is 0.715.